The SMILES string of the molecule is CCOc1ccc(OCC)c(NC(=O)CCc2c(C)nc3c(c2C)c(=O)n(C)c(=O)n3C)c1. The number of aromatic nitrogens is 3. The van der Waals surface area contributed by atoms with E-state index in [0.717, 1.165) is 15.7 Å². The average Bonchev–Trinajstić information content (AvgIpc) is 2.77. The van der Waals surface area contributed by atoms with E-state index in [1.54, 1.807) is 25.2 Å². The molecule has 2 heterocycles. The lowest BCUT2D eigenvalue weighted by molar-refractivity contribution is -0.116. The summed E-state index contributed by atoms with van der Waals surface area (Å²) in [6.45, 7) is 8.40. The van der Waals surface area contributed by atoms with Crippen molar-refractivity contribution in [2.24, 2.45) is 14.1 Å². The minimum Gasteiger partial charge on any atom is -0.494 e. The molecule has 33 heavy (non-hydrogen) atoms. The fraction of sp³-hybridized carbons (Fsp3) is 0.417. The van der Waals surface area contributed by atoms with E-state index in [1.807, 2.05) is 27.7 Å². The smallest absolute Gasteiger partial charge is 0.332 e. The molecule has 0 fully saturated rings. The van der Waals surface area contributed by atoms with Crippen molar-refractivity contribution in [2.45, 2.75) is 40.5 Å². The van der Waals surface area contributed by atoms with Crippen LogP contribution in [0.3, 0.4) is 0 Å². The van der Waals surface area contributed by atoms with E-state index < -0.39 is 11.2 Å². The number of amides is 1. The van der Waals surface area contributed by atoms with Gasteiger partial charge < -0.3 is 14.8 Å². The highest BCUT2D eigenvalue weighted by Gasteiger charge is 2.18. The Labute approximate surface area is 192 Å². The number of fused-ring (bicyclic) bond motifs is 1. The van der Waals surface area contributed by atoms with Crippen LogP contribution in [0.1, 0.15) is 37.1 Å². The number of hydrogen-bond acceptors (Lipinski definition) is 6. The number of nitrogens with one attached hydrogen (secondary N) is 1. The van der Waals surface area contributed by atoms with Crippen molar-refractivity contribution in [1.29, 1.82) is 0 Å². The summed E-state index contributed by atoms with van der Waals surface area (Å²) in [6.07, 6.45) is 0.582. The van der Waals surface area contributed by atoms with Gasteiger partial charge >= 0.3 is 5.69 Å². The predicted molar refractivity (Wildman–Crippen MR) is 127 cm³/mol. The number of carbonyl (C=O) groups excluding carboxylic acids is 1. The molecular formula is C24H30N4O5. The Hall–Kier alpha value is -3.62. The van der Waals surface area contributed by atoms with E-state index in [-0.39, 0.29) is 12.3 Å². The minimum absolute atomic E-state index is 0.186. The lowest BCUT2D eigenvalue weighted by Gasteiger charge is -2.16. The van der Waals surface area contributed by atoms with Crippen LogP contribution in [-0.4, -0.2) is 33.2 Å². The van der Waals surface area contributed by atoms with E-state index in [9.17, 15) is 14.4 Å². The van der Waals surface area contributed by atoms with Crippen LogP contribution in [0.5, 0.6) is 11.5 Å². The first-order valence-corrected chi connectivity index (χ1v) is 10.9. The Bertz CT molecular complexity index is 1320. The molecule has 9 nitrogen and oxygen atoms in total. The van der Waals surface area contributed by atoms with Gasteiger partial charge in [-0.2, -0.15) is 0 Å². The van der Waals surface area contributed by atoms with Gasteiger partial charge in [-0.3, -0.25) is 18.7 Å². The Balaban J connectivity index is 1.88. The van der Waals surface area contributed by atoms with E-state index in [4.69, 9.17) is 9.47 Å². The van der Waals surface area contributed by atoms with Gasteiger partial charge in [0.25, 0.3) is 5.56 Å². The summed E-state index contributed by atoms with van der Waals surface area (Å²) in [7, 11) is 3.04. The van der Waals surface area contributed by atoms with Crippen LogP contribution in [0.15, 0.2) is 27.8 Å². The van der Waals surface area contributed by atoms with E-state index in [2.05, 4.69) is 10.3 Å². The molecule has 2 aromatic heterocycles. The Morgan fingerprint density at radius 1 is 1.06 bits per heavy atom. The minimum atomic E-state index is -0.426. The Morgan fingerprint density at radius 2 is 1.76 bits per heavy atom. The maximum Gasteiger partial charge on any atom is 0.332 e. The number of hydrogen-bond donors (Lipinski definition) is 1. The summed E-state index contributed by atoms with van der Waals surface area (Å²) in [5, 5.41) is 3.29. The highest BCUT2D eigenvalue weighted by atomic mass is 16.5. The van der Waals surface area contributed by atoms with Gasteiger partial charge in [-0.1, -0.05) is 0 Å². The molecule has 0 saturated carbocycles. The first kappa shape index (κ1) is 24.0. The molecule has 9 heteroatoms. The van der Waals surface area contributed by atoms with Gasteiger partial charge in [0, 0.05) is 32.3 Å². The standard InChI is InChI=1S/C24H30N4O5/c1-7-32-16-9-11-19(33-8-2)18(13-16)26-20(29)12-10-17-14(3)21-22(25-15(17)4)27(5)24(31)28(6)23(21)30/h9,11,13H,7-8,10,12H2,1-6H3,(H,26,29). The van der Waals surface area contributed by atoms with Gasteiger partial charge in [0.15, 0.2) is 0 Å². The average molecular weight is 455 g/mol. The van der Waals surface area contributed by atoms with Crippen molar-refractivity contribution < 1.29 is 14.3 Å². The van der Waals surface area contributed by atoms with E-state index in [1.165, 1.54) is 11.6 Å². The molecule has 0 radical (unpaired) electrons. The number of rotatable bonds is 8. The van der Waals surface area contributed by atoms with Gasteiger partial charge in [0.05, 0.1) is 24.3 Å². The molecule has 0 aliphatic carbocycles. The van der Waals surface area contributed by atoms with Crippen LogP contribution in [0.4, 0.5) is 5.69 Å². The number of ether oxygens (including phenoxy) is 2. The maximum absolute atomic E-state index is 12.8. The number of aryl methyl sites for hydroxylation is 3. The number of nitrogens with zero attached hydrogens (tertiary/aromatic N) is 3. The molecule has 0 atom stereocenters. The summed E-state index contributed by atoms with van der Waals surface area (Å²) >= 11 is 0. The number of anilines is 1. The molecule has 0 aliphatic rings. The summed E-state index contributed by atoms with van der Waals surface area (Å²) in [5.74, 6) is 1.01. The summed E-state index contributed by atoms with van der Waals surface area (Å²) < 4.78 is 13.6. The third-order valence-electron chi connectivity index (χ3n) is 5.61. The van der Waals surface area contributed by atoms with Crippen molar-refractivity contribution >= 4 is 22.6 Å². The van der Waals surface area contributed by atoms with Crippen molar-refractivity contribution in [3.8, 4) is 11.5 Å². The van der Waals surface area contributed by atoms with Crippen LogP contribution in [0.25, 0.3) is 11.0 Å². The van der Waals surface area contributed by atoms with Gasteiger partial charge in [-0.05, 0) is 57.4 Å². The zero-order valence-electron chi connectivity index (χ0n) is 19.9. The quantitative estimate of drug-likeness (QED) is 0.561. The van der Waals surface area contributed by atoms with Crippen LogP contribution in [0, 0.1) is 13.8 Å². The van der Waals surface area contributed by atoms with Crippen molar-refractivity contribution in [3.63, 3.8) is 0 Å². The summed E-state index contributed by atoms with van der Waals surface area (Å²) in [5.41, 5.74) is 2.31. The Morgan fingerprint density at radius 3 is 2.42 bits per heavy atom. The monoisotopic (exact) mass is 454 g/mol. The molecule has 1 amide bonds. The maximum atomic E-state index is 12.8. The van der Waals surface area contributed by atoms with E-state index >= 15 is 0 Å². The fourth-order valence-electron chi connectivity index (χ4n) is 3.91. The lowest BCUT2D eigenvalue weighted by Crippen LogP contribution is -2.38. The molecule has 3 aromatic rings. The molecule has 0 aliphatic heterocycles. The second-order valence-electron chi connectivity index (χ2n) is 7.78. The number of carbonyl (C=O) groups is 1. The summed E-state index contributed by atoms with van der Waals surface area (Å²) in [4.78, 5) is 42.3. The van der Waals surface area contributed by atoms with Gasteiger partial charge in [-0.15, -0.1) is 0 Å². The zero-order chi connectivity index (χ0) is 24.3. The number of benzene rings is 1. The second-order valence-corrected chi connectivity index (χ2v) is 7.78. The van der Waals surface area contributed by atoms with Crippen molar-refractivity contribution in [2.75, 3.05) is 18.5 Å². The number of pyridine rings is 1. The fourth-order valence-corrected chi connectivity index (χ4v) is 3.91. The third kappa shape index (κ3) is 4.76. The third-order valence-corrected chi connectivity index (χ3v) is 5.61. The zero-order valence-corrected chi connectivity index (χ0v) is 19.9. The molecule has 0 saturated heterocycles. The highest BCUT2D eigenvalue weighted by Crippen LogP contribution is 2.30. The van der Waals surface area contributed by atoms with Crippen LogP contribution in [0.2, 0.25) is 0 Å². The molecule has 176 valence electrons. The van der Waals surface area contributed by atoms with Crippen LogP contribution < -0.4 is 26.0 Å². The van der Waals surface area contributed by atoms with Gasteiger partial charge in [-0.25, -0.2) is 9.78 Å². The largest absolute Gasteiger partial charge is 0.494 e. The molecular weight excluding hydrogens is 424 g/mol. The molecule has 0 bridgehead atoms. The first-order chi connectivity index (χ1) is 15.7. The van der Waals surface area contributed by atoms with Crippen LogP contribution >= 0.6 is 0 Å². The Kier molecular flexibility index (Phi) is 7.20. The lowest BCUT2D eigenvalue weighted by atomic mass is 10.00. The van der Waals surface area contributed by atoms with Crippen molar-refractivity contribution in [1.82, 2.24) is 14.1 Å². The van der Waals surface area contributed by atoms with Gasteiger partial charge in [0.1, 0.15) is 17.1 Å². The molecule has 0 unspecified atom stereocenters. The first-order valence-electron chi connectivity index (χ1n) is 10.9. The van der Waals surface area contributed by atoms with Crippen LogP contribution in [-0.2, 0) is 25.3 Å². The topological polar surface area (TPSA) is 104 Å². The highest BCUT2D eigenvalue weighted by molar-refractivity contribution is 5.93. The van der Waals surface area contributed by atoms with Gasteiger partial charge in [0.2, 0.25) is 5.91 Å². The normalized spacial score (nSPS) is 11.0. The second kappa shape index (κ2) is 9.89. The van der Waals surface area contributed by atoms with E-state index in [0.29, 0.717) is 53.5 Å². The molecule has 3 rings (SSSR count). The molecule has 1 aromatic carbocycles. The predicted octanol–water partition coefficient (Wildman–Crippen LogP) is 2.62. The molecule has 1 N–H and O–H groups in total. The molecule has 0 spiro atoms. The summed E-state index contributed by atoms with van der Waals surface area (Å²) in [6, 6.07) is 5.31. The van der Waals surface area contributed by atoms with Crippen molar-refractivity contribution in [3.05, 3.63) is 55.9 Å².